The number of carbonyl (C=O) groups is 3. The van der Waals surface area contributed by atoms with Crippen molar-refractivity contribution in [1.82, 2.24) is 30.8 Å². The van der Waals surface area contributed by atoms with Gasteiger partial charge < -0.3 is 10.6 Å². The first-order valence-corrected chi connectivity index (χ1v) is 7.94. The molecule has 1 fully saturated rings. The van der Waals surface area contributed by atoms with E-state index >= 15 is 0 Å². The molecule has 0 unspecified atom stereocenters. The highest BCUT2D eigenvalue weighted by Crippen LogP contribution is 2.18. The third kappa shape index (κ3) is 3.91. The number of urea groups is 1. The summed E-state index contributed by atoms with van der Waals surface area (Å²) in [6.07, 6.45) is 4.13. The van der Waals surface area contributed by atoms with Gasteiger partial charge in [-0.25, -0.2) is 4.79 Å². The van der Waals surface area contributed by atoms with Crippen LogP contribution in [0.5, 0.6) is 0 Å². The standard InChI is InChI=1S/C15H24N6O3/c1-5-15(4)13(23)21(14(24)18-15)19-12(22)7-16-11(3)9-20-8-10(2)6-17-20/h6,8,11,16H,5,7,9H2,1-4H3,(H,18,24)(H,19,22)/t11-,15-/m1/s1. The van der Waals surface area contributed by atoms with Crippen LogP contribution in [0.1, 0.15) is 32.8 Å². The Morgan fingerprint density at radius 1 is 1.46 bits per heavy atom. The molecule has 0 spiro atoms. The van der Waals surface area contributed by atoms with E-state index in [2.05, 4.69) is 21.2 Å². The van der Waals surface area contributed by atoms with Crippen molar-refractivity contribution in [2.24, 2.45) is 0 Å². The maximum absolute atomic E-state index is 12.2. The van der Waals surface area contributed by atoms with E-state index in [9.17, 15) is 14.4 Å². The van der Waals surface area contributed by atoms with Crippen molar-refractivity contribution in [3.8, 4) is 0 Å². The van der Waals surface area contributed by atoms with Crippen molar-refractivity contribution < 1.29 is 14.4 Å². The molecule has 1 aliphatic rings. The Bertz CT molecular complexity index is 643. The van der Waals surface area contributed by atoms with Gasteiger partial charge in [0.1, 0.15) is 5.54 Å². The summed E-state index contributed by atoms with van der Waals surface area (Å²) in [6, 6.07) is -0.614. The van der Waals surface area contributed by atoms with Gasteiger partial charge in [0.2, 0.25) is 0 Å². The second kappa shape index (κ2) is 7.00. The molecule has 0 saturated carbocycles. The van der Waals surface area contributed by atoms with E-state index in [1.54, 1.807) is 24.7 Å². The second-order valence-corrected chi connectivity index (χ2v) is 6.31. The lowest BCUT2D eigenvalue weighted by atomic mass is 10.00. The zero-order valence-corrected chi connectivity index (χ0v) is 14.4. The largest absolute Gasteiger partial charge is 0.344 e. The van der Waals surface area contributed by atoms with E-state index in [-0.39, 0.29) is 12.6 Å². The molecule has 2 heterocycles. The number of nitrogens with one attached hydrogen (secondary N) is 3. The number of imide groups is 1. The highest BCUT2D eigenvalue weighted by molar-refractivity contribution is 6.07. The summed E-state index contributed by atoms with van der Waals surface area (Å²) in [4.78, 5) is 36.0. The van der Waals surface area contributed by atoms with E-state index < -0.39 is 23.4 Å². The van der Waals surface area contributed by atoms with Crippen LogP contribution in [-0.4, -0.2) is 50.8 Å². The molecule has 3 N–H and O–H groups in total. The van der Waals surface area contributed by atoms with Crippen LogP contribution in [0.3, 0.4) is 0 Å². The molecule has 0 aromatic carbocycles. The molecular formula is C15H24N6O3. The number of rotatable bonds is 7. The van der Waals surface area contributed by atoms with Crippen molar-refractivity contribution in [1.29, 1.82) is 0 Å². The lowest BCUT2D eigenvalue weighted by molar-refractivity contribution is -0.138. The maximum atomic E-state index is 12.2. The van der Waals surface area contributed by atoms with E-state index in [1.807, 2.05) is 20.0 Å². The van der Waals surface area contributed by atoms with Crippen LogP contribution in [0, 0.1) is 6.92 Å². The first-order chi connectivity index (χ1) is 11.2. The molecule has 2 rings (SSSR count). The molecule has 24 heavy (non-hydrogen) atoms. The number of hydrazine groups is 1. The second-order valence-electron chi connectivity index (χ2n) is 6.31. The van der Waals surface area contributed by atoms with Crippen LogP contribution >= 0.6 is 0 Å². The van der Waals surface area contributed by atoms with Crippen LogP contribution in [0.4, 0.5) is 4.79 Å². The molecular weight excluding hydrogens is 312 g/mol. The molecule has 0 aliphatic carbocycles. The molecule has 0 bridgehead atoms. The minimum absolute atomic E-state index is 0.000867. The number of aromatic nitrogens is 2. The molecule has 4 amide bonds. The lowest BCUT2D eigenvalue weighted by Crippen LogP contribution is -2.51. The summed E-state index contributed by atoms with van der Waals surface area (Å²) in [5.74, 6) is -0.911. The Morgan fingerprint density at radius 2 is 2.17 bits per heavy atom. The average Bonchev–Trinajstić information content (AvgIpc) is 3.02. The van der Waals surface area contributed by atoms with Crippen molar-refractivity contribution in [2.75, 3.05) is 6.54 Å². The molecule has 9 heteroatoms. The van der Waals surface area contributed by atoms with Gasteiger partial charge in [-0.1, -0.05) is 6.92 Å². The predicted molar refractivity (Wildman–Crippen MR) is 86.6 cm³/mol. The zero-order chi connectivity index (χ0) is 17.9. The van der Waals surface area contributed by atoms with Gasteiger partial charge in [0.15, 0.2) is 0 Å². The van der Waals surface area contributed by atoms with Crippen molar-refractivity contribution in [3.63, 3.8) is 0 Å². The van der Waals surface area contributed by atoms with Gasteiger partial charge in [-0.15, -0.1) is 0 Å². The van der Waals surface area contributed by atoms with E-state index in [4.69, 9.17) is 0 Å². The third-order valence-corrected chi connectivity index (χ3v) is 4.04. The number of nitrogens with zero attached hydrogens (tertiary/aromatic N) is 3. The first-order valence-electron chi connectivity index (χ1n) is 7.94. The summed E-state index contributed by atoms with van der Waals surface area (Å²) < 4.78 is 1.79. The monoisotopic (exact) mass is 336 g/mol. The smallest absolute Gasteiger partial charge is 0.322 e. The Morgan fingerprint density at radius 3 is 2.71 bits per heavy atom. The number of amides is 4. The minimum Gasteiger partial charge on any atom is -0.322 e. The molecule has 1 aliphatic heterocycles. The quantitative estimate of drug-likeness (QED) is 0.604. The van der Waals surface area contributed by atoms with Gasteiger partial charge >= 0.3 is 6.03 Å². The molecule has 1 aromatic heterocycles. The van der Waals surface area contributed by atoms with Gasteiger partial charge in [-0.05, 0) is 32.8 Å². The normalized spacial score (nSPS) is 21.8. The van der Waals surface area contributed by atoms with E-state index in [0.29, 0.717) is 13.0 Å². The van der Waals surface area contributed by atoms with Gasteiger partial charge in [0.25, 0.3) is 11.8 Å². The van der Waals surface area contributed by atoms with Crippen LogP contribution in [-0.2, 0) is 16.1 Å². The minimum atomic E-state index is -0.969. The number of hydrogen-bond acceptors (Lipinski definition) is 5. The third-order valence-electron chi connectivity index (χ3n) is 4.04. The predicted octanol–water partition coefficient (Wildman–Crippen LogP) is -0.0787. The Kier molecular flexibility index (Phi) is 5.23. The molecule has 9 nitrogen and oxygen atoms in total. The van der Waals surface area contributed by atoms with Crippen LogP contribution in [0.25, 0.3) is 0 Å². The van der Waals surface area contributed by atoms with Crippen LogP contribution < -0.4 is 16.1 Å². The molecule has 1 saturated heterocycles. The van der Waals surface area contributed by atoms with Crippen molar-refractivity contribution in [2.45, 2.75) is 52.2 Å². The topological polar surface area (TPSA) is 108 Å². The lowest BCUT2D eigenvalue weighted by Gasteiger charge is -2.20. The highest BCUT2D eigenvalue weighted by atomic mass is 16.2. The maximum Gasteiger partial charge on any atom is 0.344 e. The van der Waals surface area contributed by atoms with Gasteiger partial charge in [-0.2, -0.15) is 10.1 Å². The highest BCUT2D eigenvalue weighted by Gasteiger charge is 2.47. The Balaban J connectivity index is 1.81. The molecule has 2 atom stereocenters. The number of carbonyl (C=O) groups excluding carboxylic acids is 3. The summed E-state index contributed by atoms with van der Waals surface area (Å²) in [6.45, 7) is 7.90. The fourth-order valence-corrected chi connectivity index (χ4v) is 2.37. The summed E-state index contributed by atoms with van der Waals surface area (Å²) >= 11 is 0. The van der Waals surface area contributed by atoms with Crippen molar-refractivity contribution in [3.05, 3.63) is 18.0 Å². The summed E-state index contributed by atoms with van der Waals surface area (Å²) in [5.41, 5.74) is 2.44. The Hall–Kier alpha value is -2.42. The van der Waals surface area contributed by atoms with Crippen LogP contribution in [0.2, 0.25) is 0 Å². The molecule has 132 valence electrons. The van der Waals surface area contributed by atoms with E-state index in [0.717, 1.165) is 10.6 Å². The van der Waals surface area contributed by atoms with Gasteiger partial charge in [0, 0.05) is 12.2 Å². The Labute approximate surface area is 140 Å². The fourth-order valence-electron chi connectivity index (χ4n) is 2.37. The van der Waals surface area contributed by atoms with Gasteiger partial charge in [-0.3, -0.25) is 19.7 Å². The SMILES string of the molecule is CC[C@@]1(C)NC(=O)N(NC(=O)CN[C@H](C)Cn2cc(C)cn2)C1=O. The van der Waals surface area contributed by atoms with Crippen LogP contribution in [0.15, 0.2) is 12.4 Å². The first kappa shape index (κ1) is 17.9. The summed E-state index contributed by atoms with van der Waals surface area (Å²) in [5, 5.41) is 10.5. The summed E-state index contributed by atoms with van der Waals surface area (Å²) in [7, 11) is 0. The molecule has 1 aromatic rings. The zero-order valence-electron chi connectivity index (χ0n) is 14.4. The molecule has 0 radical (unpaired) electrons. The fraction of sp³-hybridized carbons (Fsp3) is 0.600. The average molecular weight is 336 g/mol. The van der Waals surface area contributed by atoms with Gasteiger partial charge in [0.05, 0.1) is 19.3 Å². The number of hydrogen-bond donors (Lipinski definition) is 3. The van der Waals surface area contributed by atoms with Crippen molar-refractivity contribution >= 4 is 17.8 Å². The van der Waals surface area contributed by atoms with E-state index in [1.165, 1.54) is 0 Å². The number of aryl methyl sites for hydroxylation is 1.